The SMILES string of the molecule is CCOC(=O)c1ncn2c1[C@H](C)N=C(c1ccccn1)c1cc(Br)ccc1-2. The average molecular weight is 425 g/mol. The minimum absolute atomic E-state index is 0.296. The Bertz CT molecular complexity index is 1040. The first-order chi connectivity index (χ1) is 13.1. The van der Waals surface area contributed by atoms with Gasteiger partial charge in [-0.2, -0.15) is 0 Å². The Morgan fingerprint density at radius 3 is 2.85 bits per heavy atom. The molecule has 1 aliphatic heterocycles. The predicted octanol–water partition coefficient (Wildman–Crippen LogP) is 4.12. The number of halogens is 1. The number of nitrogens with zero attached hydrogens (tertiary/aromatic N) is 4. The van der Waals surface area contributed by atoms with E-state index < -0.39 is 5.97 Å². The third kappa shape index (κ3) is 3.08. The van der Waals surface area contributed by atoms with E-state index in [9.17, 15) is 4.79 Å². The molecule has 27 heavy (non-hydrogen) atoms. The Balaban J connectivity index is 1.98. The van der Waals surface area contributed by atoms with Crippen molar-refractivity contribution in [1.82, 2.24) is 14.5 Å². The average Bonchev–Trinajstić information content (AvgIpc) is 3.07. The van der Waals surface area contributed by atoms with E-state index >= 15 is 0 Å². The summed E-state index contributed by atoms with van der Waals surface area (Å²) in [4.78, 5) is 26.1. The standard InChI is InChI=1S/C20H17BrN4O2/c1-3-27-20(26)18-19-12(2)24-17(15-6-4-5-9-22-15)14-10-13(21)7-8-16(14)25(19)11-23-18/h4-12H,3H2,1-2H3/t12-/m0/s1. The number of aromatic nitrogens is 3. The normalized spacial score (nSPS) is 15.4. The number of fused-ring (bicyclic) bond motifs is 3. The van der Waals surface area contributed by atoms with E-state index in [0.717, 1.165) is 27.1 Å². The highest BCUT2D eigenvalue weighted by Gasteiger charge is 2.29. The molecule has 0 spiro atoms. The van der Waals surface area contributed by atoms with Gasteiger partial charge in [-0.25, -0.2) is 9.78 Å². The van der Waals surface area contributed by atoms with Crippen molar-refractivity contribution >= 4 is 27.6 Å². The van der Waals surface area contributed by atoms with E-state index in [1.807, 2.05) is 47.9 Å². The fraction of sp³-hybridized carbons (Fsp3) is 0.200. The molecule has 3 aromatic rings. The molecule has 0 radical (unpaired) electrons. The summed E-state index contributed by atoms with van der Waals surface area (Å²) < 4.78 is 8.03. The van der Waals surface area contributed by atoms with Crippen LogP contribution in [0.5, 0.6) is 0 Å². The van der Waals surface area contributed by atoms with Crippen molar-refractivity contribution in [3.05, 3.63) is 76.0 Å². The van der Waals surface area contributed by atoms with Crippen LogP contribution in [0, 0.1) is 0 Å². The summed E-state index contributed by atoms with van der Waals surface area (Å²) in [6.45, 7) is 4.02. The van der Waals surface area contributed by atoms with Crippen LogP contribution in [0.4, 0.5) is 0 Å². The lowest BCUT2D eigenvalue weighted by Crippen LogP contribution is -2.11. The lowest BCUT2D eigenvalue weighted by atomic mass is 10.0. The van der Waals surface area contributed by atoms with Crippen LogP contribution in [0.25, 0.3) is 5.69 Å². The topological polar surface area (TPSA) is 69.4 Å². The maximum Gasteiger partial charge on any atom is 0.358 e. The molecule has 0 amide bonds. The summed E-state index contributed by atoms with van der Waals surface area (Å²) in [7, 11) is 0. The van der Waals surface area contributed by atoms with Crippen LogP contribution in [0.2, 0.25) is 0 Å². The first-order valence-electron chi connectivity index (χ1n) is 8.64. The van der Waals surface area contributed by atoms with Crippen molar-refractivity contribution in [2.24, 2.45) is 4.99 Å². The van der Waals surface area contributed by atoms with Gasteiger partial charge in [0.25, 0.3) is 0 Å². The van der Waals surface area contributed by atoms with Crippen molar-refractivity contribution in [3.8, 4) is 5.69 Å². The summed E-state index contributed by atoms with van der Waals surface area (Å²) in [6, 6.07) is 11.4. The summed E-state index contributed by atoms with van der Waals surface area (Å²) in [5.74, 6) is -0.437. The van der Waals surface area contributed by atoms with Gasteiger partial charge in [-0.1, -0.05) is 22.0 Å². The molecule has 0 saturated heterocycles. The number of ether oxygens (including phenoxy) is 1. The number of esters is 1. The second-order valence-electron chi connectivity index (χ2n) is 6.10. The number of hydrogen-bond acceptors (Lipinski definition) is 5. The zero-order valence-electron chi connectivity index (χ0n) is 14.9. The van der Waals surface area contributed by atoms with Gasteiger partial charge in [-0.15, -0.1) is 0 Å². The smallest absolute Gasteiger partial charge is 0.358 e. The molecule has 7 heteroatoms. The molecule has 0 aliphatic carbocycles. The van der Waals surface area contributed by atoms with Gasteiger partial charge in [0.15, 0.2) is 5.69 Å². The van der Waals surface area contributed by atoms with E-state index in [1.165, 1.54) is 0 Å². The number of hydrogen-bond donors (Lipinski definition) is 0. The minimum Gasteiger partial charge on any atom is -0.461 e. The van der Waals surface area contributed by atoms with Crippen molar-refractivity contribution in [2.75, 3.05) is 6.61 Å². The molecule has 6 nitrogen and oxygen atoms in total. The van der Waals surface area contributed by atoms with Gasteiger partial charge in [0, 0.05) is 16.2 Å². The monoisotopic (exact) mass is 424 g/mol. The molecule has 0 N–H and O–H groups in total. The Kier molecular flexibility index (Phi) is 4.61. The zero-order chi connectivity index (χ0) is 19.0. The van der Waals surface area contributed by atoms with Crippen LogP contribution in [0.1, 0.15) is 47.3 Å². The maximum absolute atomic E-state index is 12.4. The lowest BCUT2D eigenvalue weighted by molar-refractivity contribution is 0.0518. The molecule has 1 aliphatic rings. The molecule has 0 unspecified atom stereocenters. The largest absolute Gasteiger partial charge is 0.461 e. The molecule has 4 rings (SSSR count). The van der Waals surface area contributed by atoms with E-state index in [2.05, 4.69) is 25.9 Å². The summed E-state index contributed by atoms with van der Waals surface area (Å²) in [6.07, 6.45) is 3.40. The molecule has 3 heterocycles. The zero-order valence-corrected chi connectivity index (χ0v) is 16.5. The Hall–Kier alpha value is -2.80. The quantitative estimate of drug-likeness (QED) is 0.592. The van der Waals surface area contributed by atoms with Crippen LogP contribution in [0.15, 0.2) is 58.4 Å². The van der Waals surface area contributed by atoms with E-state index in [0.29, 0.717) is 18.0 Å². The van der Waals surface area contributed by atoms with Gasteiger partial charge in [0.1, 0.15) is 6.33 Å². The first kappa shape index (κ1) is 17.6. The molecule has 0 saturated carbocycles. The molecular formula is C20H17BrN4O2. The number of carbonyl (C=O) groups excluding carboxylic acids is 1. The third-order valence-electron chi connectivity index (χ3n) is 4.37. The van der Waals surface area contributed by atoms with Crippen LogP contribution in [0.3, 0.4) is 0 Å². The van der Waals surface area contributed by atoms with E-state index in [-0.39, 0.29) is 6.04 Å². The van der Waals surface area contributed by atoms with E-state index in [1.54, 1.807) is 19.4 Å². The van der Waals surface area contributed by atoms with E-state index in [4.69, 9.17) is 9.73 Å². The number of pyridine rings is 1. The molecule has 1 aromatic carbocycles. The number of carbonyl (C=O) groups is 1. The second kappa shape index (κ2) is 7.08. The molecule has 2 aromatic heterocycles. The second-order valence-corrected chi connectivity index (χ2v) is 7.01. The predicted molar refractivity (Wildman–Crippen MR) is 106 cm³/mol. The van der Waals surface area contributed by atoms with Crippen molar-refractivity contribution < 1.29 is 9.53 Å². The molecule has 1 atom stereocenters. The van der Waals surface area contributed by atoms with Crippen LogP contribution >= 0.6 is 15.9 Å². The number of rotatable bonds is 3. The van der Waals surface area contributed by atoms with Gasteiger partial charge in [-0.05, 0) is 44.2 Å². The lowest BCUT2D eigenvalue weighted by Gasteiger charge is -2.12. The van der Waals surface area contributed by atoms with Crippen molar-refractivity contribution in [2.45, 2.75) is 19.9 Å². The first-order valence-corrected chi connectivity index (χ1v) is 9.43. The fourth-order valence-corrected chi connectivity index (χ4v) is 3.61. The number of imidazole rings is 1. The fourth-order valence-electron chi connectivity index (χ4n) is 3.25. The minimum atomic E-state index is -0.437. The number of aliphatic imine (C=N–C) groups is 1. The van der Waals surface area contributed by atoms with Gasteiger partial charge >= 0.3 is 5.97 Å². The van der Waals surface area contributed by atoms with Gasteiger partial charge in [-0.3, -0.25) is 14.5 Å². The summed E-state index contributed by atoms with van der Waals surface area (Å²) in [5, 5.41) is 0. The van der Waals surface area contributed by atoms with Crippen molar-refractivity contribution in [3.63, 3.8) is 0 Å². The van der Waals surface area contributed by atoms with Gasteiger partial charge in [0.05, 0.1) is 35.4 Å². The van der Waals surface area contributed by atoms with Gasteiger partial charge in [0.2, 0.25) is 0 Å². The Labute approximate surface area is 165 Å². The third-order valence-corrected chi connectivity index (χ3v) is 4.87. The highest BCUT2D eigenvalue weighted by Crippen LogP contribution is 2.33. The molecule has 0 bridgehead atoms. The summed E-state index contributed by atoms with van der Waals surface area (Å²) in [5.41, 5.74) is 4.37. The number of benzene rings is 1. The Morgan fingerprint density at radius 1 is 1.26 bits per heavy atom. The highest BCUT2D eigenvalue weighted by atomic mass is 79.9. The molecule has 136 valence electrons. The van der Waals surface area contributed by atoms with Crippen LogP contribution in [-0.2, 0) is 4.74 Å². The maximum atomic E-state index is 12.4. The molecule has 0 fully saturated rings. The van der Waals surface area contributed by atoms with Crippen LogP contribution < -0.4 is 0 Å². The molecular weight excluding hydrogens is 408 g/mol. The van der Waals surface area contributed by atoms with Gasteiger partial charge < -0.3 is 4.74 Å². The van der Waals surface area contributed by atoms with Crippen molar-refractivity contribution in [1.29, 1.82) is 0 Å². The highest BCUT2D eigenvalue weighted by molar-refractivity contribution is 9.10. The van der Waals surface area contributed by atoms with Crippen LogP contribution in [-0.4, -0.2) is 32.8 Å². The Morgan fingerprint density at radius 2 is 2.11 bits per heavy atom. The summed E-state index contributed by atoms with van der Waals surface area (Å²) >= 11 is 3.55.